The zero-order chi connectivity index (χ0) is 24.4. The first-order valence-corrected chi connectivity index (χ1v) is 10.1. The molecule has 0 bridgehead atoms. The molecule has 0 saturated carbocycles. The first-order chi connectivity index (χ1) is 15.4. The summed E-state index contributed by atoms with van der Waals surface area (Å²) >= 11 is 0. The van der Waals surface area contributed by atoms with Crippen LogP contribution in [0, 0.1) is 0 Å². The number of likely N-dealkylation sites (N-methyl/N-ethyl adjacent to an activating group) is 1. The lowest BCUT2D eigenvalue weighted by atomic mass is 9.95. The van der Waals surface area contributed by atoms with Crippen LogP contribution in [0.2, 0.25) is 0 Å². The highest BCUT2D eigenvalue weighted by atomic mass is 19.4. The van der Waals surface area contributed by atoms with E-state index in [0.29, 0.717) is 5.56 Å². The van der Waals surface area contributed by atoms with E-state index >= 15 is 0 Å². The second-order valence-electron chi connectivity index (χ2n) is 8.06. The average molecular weight is 464 g/mol. The number of Topliss-reactive ketones (excluding diaryl/α,β-unsaturated/α-hetero) is 1. The second kappa shape index (κ2) is 9.22. The predicted molar refractivity (Wildman–Crippen MR) is 112 cm³/mol. The van der Waals surface area contributed by atoms with Crippen LogP contribution in [0.3, 0.4) is 0 Å². The van der Waals surface area contributed by atoms with Crippen LogP contribution in [0.5, 0.6) is 5.75 Å². The minimum atomic E-state index is -4.54. The van der Waals surface area contributed by atoms with E-state index in [1.165, 1.54) is 24.1 Å². The van der Waals surface area contributed by atoms with E-state index < -0.39 is 35.1 Å². The third-order valence-corrected chi connectivity index (χ3v) is 5.74. The number of rotatable bonds is 6. The highest BCUT2D eigenvalue weighted by Gasteiger charge is 2.45. The summed E-state index contributed by atoms with van der Waals surface area (Å²) in [5.41, 5.74) is -1.54. The first kappa shape index (κ1) is 24.2. The molecule has 2 amide bonds. The molecule has 7 nitrogen and oxygen atoms in total. The Morgan fingerprint density at radius 1 is 1.15 bits per heavy atom. The summed E-state index contributed by atoms with van der Waals surface area (Å²) in [6.07, 6.45) is -4.51. The zero-order valence-corrected chi connectivity index (χ0v) is 18.0. The summed E-state index contributed by atoms with van der Waals surface area (Å²) in [5, 5.41) is 12.1. The van der Waals surface area contributed by atoms with Gasteiger partial charge in [-0.15, -0.1) is 0 Å². The van der Waals surface area contributed by atoms with E-state index in [1.54, 1.807) is 19.1 Å². The largest absolute Gasteiger partial charge is 0.508 e. The molecule has 2 atom stereocenters. The Morgan fingerprint density at radius 2 is 1.76 bits per heavy atom. The van der Waals surface area contributed by atoms with Gasteiger partial charge in [0.2, 0.25) is 5.91 Å². The molecular formula is C23H23F3N2O5. The number of phenols is 1. The van der Waals surface area contributed by atoms with Crippen molar-refractivity contribution in [2.45, 2.75) is 31.1 Å². The molecule has 1 aliphatic heterocycles. The summed E-state index contributed by atoms with van der Waals surface area (Å²) in [7, 11) is 1.43. The normalized spacial score (nSPS) is 19.2. The maximum Gasteiger partial charge on any atom is 0.416 e. The number of phenolic OH excluding ortho intramolecular Hbond substituents is 1. The topological polar surface area (TPSA) is 95.9 Å². The van der Waals surface area contributed by atoms with Crippen LogP contribution < -0.4 is 5.32 Å². The summed E-state index contributed by atoms with van der Waals surface area (Å²) in [6, 6.07) is 8.50. The van der Waals surface area contributed by atoms with E-state index in [0.717, 1.165) is 24.3 Å². The van der Waals surface area contributed by atoms with Crippen molar-refractivity contribution in [1.82, 2.24) is 10.2 Å². The van der Waals surface area contributed by atoms with Gasteiger partial charge in [0.1, 0.15) is 23.9 Å². The van der Waals surface area contributed by atoms with E-state index in [9.17, 15) is 32.7 Å². The number of halogens is 3. The van der Waals surface area contributed by atoms with Crippen molar-refractivity contribution >= 4 is 17.6 Å². The smallest absolute Gasteiger partial charge is 0.416 e. The standard InChI is InChI=1S/C23H23F3N2O5/c1-22(13-33-12-19(22)30)28(2)21(32)18(11-14-3-9-17(29)10-4-14)27-20(31)15-5-7-16(8-6-15)23(24,25)26/h3-10,18,29H,11-13H2,1-2H3,(H,27,31). The van der Waals surface area contributed by atoms with Crippen LogP contribution in [0.1, 0.15) is 28.4 Å². The molecule has 2 unspecified atom stereocenters. The van der Waals surface area contributed by atoms with Gasteiger partial charge in [-0.2, -0.15) is 13.2 Å². The highest BCUT2D eigenvalue weighted by molar-refractivity contribution is 6.00. The lowest BCUT2D eigenvalue weighted by Gasteiger charge is -2.35. The van der Waals surface area contributed by atoms with Crippen LogP contribution in [0.4, 0.5) is 13.2 Å². The highest BCUT2D eigenvalue weighted by Crippen LogP contribution is 2.29. The third kappa shape index (κ3) is 5.33. The fraction of sp³-hybridized carbons (Fsp3) is 0.348. The van der Waals surface area contributed by atoms with Gasteiger partial charge in [0.15, 0.2) is 5.78 Å². The van der Waals surface area contributed by atoms with Crippen molar-refractivity contribution < 1.29 is 37.4 Å². The molecule has 1 heterocycles. The Labute approximate surface area is 188 Å². The quantitative estimate of drug-likeness (QED) is 0.685. The van der Waals surface area contributed by atoms with Gasteiger partial charge in [-0.25, -0.2) is 0 Å². The number of ether oxygens (including phenoxy) is 1. The number of hydrogen-bond donors (Lipinski definition) is 2. The number of benzene rings is 2. The van der Waals surface area contributed by atoms with Crippen LogP contribution >= 0.6 is 0 Å². The van der Waals surface area contributed by atoms with Crippen molar-refractivity contribution in [2.75, 3.05) is 20.3 Å². The Hall–Kier alpha value is -3.40. The van der Waals surface area contributed by atoms with E-state index in [2.05, 4.69) is 5.32 Å². The molecule has 1 fully saturated rings. The molecule has 0 spiro atoms. The molecule has 33 heavy (non-hydrogen) atoms. The van der Waals surface area contributed by atoms with Gasteiger partial charge in [-0.05, 0) is 48.9 Å². The Bertz CT molecular complexity index is 1040. The number of carbonyl (C=O) groups is 3. The number of aromatic hydroxyl groups is 1. The molecule has 10 heteroatoms. The molecule has 0 aromatic heterocycles. The number of hydrogen-bond acceptors (Lipinski definition) is 5. The van der Waals surface area contributed by atoms with Crippen LogP contribution in [-0.2, 0) is 26.9 Å². The fourth-order valence-corrected chi connectivity index (χ4v) is 3.46. The second-order valence-corrected chi connectivity index (χ2v) is 8.06. The molecule has 2 aromatic rings. The third-order valence-electron chi connectivity index (χ3n) is 5.74. The van der Waals surface area contributed by atoms with Gasteiger partial charge < -0.3 is 20.1 Å². The number of ketones is 1. The van der Waals surface area contributed by atoms with E-state index in [-0.39, 0.29) is 36.7 Å². The number of nitrogens with zero attached hydrogens (tertiary/aromatic N) is 1. The molecule has 176 valence electrons. The van der Waals surface area contributed by atoms with Crippen molar-refractivity contribution in [3.63, 3.8) is 0 Å². The molecular weight excluding hydrogens is 441 g/mol. The van der Waals surface area contributed by atoms with Crippen molar-refractivity contribution in [3.8, 4) is 5.75 Å². The van der Waals surface area contributed by atoms with Gasteiger partial charge in [0, 0.05) is 19.0 Å². The molecule has 1 aliphatic rings. The zero-order valence-electron chi connectivity index (χ0n) is 18.0. The molecule has 3 rings (SSSR count). The van der Waals surface area contributed by atoms with Gasteiger partial charge in [0.05, 0.1) is 12.2 Å². The van der Waals surface area contributed by atoms with E-state index in [4.69, 9.17) is 4.74 Å². The fourth-order valence-electron chi connectivity index (χ4n) is 3.46. The maximum atomic E-state index is 13.3. The summed E-state index contributed by atoms with van der Waals surface area (Å²) in [6.45, 7) is 1.44. The first-order valence-electron chi connectivity index (χ1n) is 10.1. The Balaban J connectivity index is 1.84. The number of amides is 2. The number of alkyl halides is 3. The van der Waals surface area contributed by atoms with Crippen molar-refractivity contribution in [2.24, 2.45) is 0 Å². The lowest BCUT2D eigenvalue weighted by molar-refractivity contribution is -0.142. The average Bonchev–Trinajstić information content (AvgIpc) is 3.12. The minimum Gasteiger partial charge on any atom is -0.508 e. The van der Waals surface area contributed by atoms with Crippen LogP contribution in [0.25, 0.3) is 0 Å². The Morgan fingerprint density at radius 3 is 2.27 bits per heavy atom. The monoisotopic (exact) mass is 464 g/mol. The summed E-state index contributed by atoms with van der Waals surface area (Å²) < 4.78 is 43.6. The maximum absolute atomic E-state index is 13.3. The van der Waals surface area contributed by atoms with Gasteiger partial charge in [0.25, 0.3) is 5.91 Å². The lowest BCUT2D eigenvalue weighted by Crippen LogP contribution is -2.58. The molecule has 2 N–H and O–H groups in total. The number of nitrogens with one attached hydrogen (secondary N) is 1. The predicted octanol–water partition coefficient (Wildman–Crippen LogP) is 2.57. The Kier molecular flexibility index (Phi) is 6.78. The van der Waals surface area contributed by atoms with Gasteiger partial charge in [-0.3, -0.25) is 14.4 Å². The summed E-state index contributed by atoms with van der Waals surface area (Å²) in [4.78, 5) is 39.6. The minimum absolute atomic E-state index is 0.00680. The van der Waals surface area contributed by atoms with Crippen molar-refractivity contribution in [3.05, 3.63) is 65.2 Å². The van der Waals surface area contributed by atoms with Crippen molar-refractivity contribution in [1.29, 1.82) is 0 Å². The molecule has 2 aromatic carbocycles. The summed E-state index contributed by atoms with van der Waals surface area (Å²) in [5.74, 6) is -1.57. The molecule has 0 radical (unpaired) electrons. The van der Waals surface area contributed by atoms with E-state index in [1.807, 2.05) is 0 Å². The van der Waals surface area contributed by atoms with Gasteiger partial charge in [-0.1, -0.05) is 12.1 Å². The SMILES string of the molecule is CN(C(=O)C(Cc1ccc(O)cc1)NC(=O)c1ccc(C(F)(F)F)cc1)C1(C)COCC1=O. The van der Waals surface area contributed by atoms with Gasteiger partial charge >= 0.3 is 6.18 Å². The molecule has 1 saturated heterocycles. The number of carbonyl (C=O) groups excluding carboxylic acids is 3. The molecule has 0 aliphatic carbocycles. The van der Waals surface area contributed by atoms with Crippen LogP contribution in [0.15, 0.2) is 48.5 Å². The van der Waals surface area contributed by atoms with Crippen LogP contribution in [-0.4, -0.2) is 59.4 Å².